The van der Waals surface area contributed by atoms with Gasteiger partial charge in [0, 0.05) is 11.1 Å². The number of amides is 1. The second kappa shape index (κ2) is 4.47. The van der Waals surface area contributed by atoms with Gasteiger partial charge in [-0.3, -0.25) is 4.79 Å². The van der Waals surface area contributed by atoms with Crippen molar-refractivity contribution in [3.8, 4) is 6.07 Å². The third-order valence-corrected chi connectivity index (χ3v) is 3.03. The molecule has 0 heterocycles. The molecule has 1 aliphatic carbocycles. The highest BCUT2D eigenvalue weighted by Gasteiger charge is 2.52. The smallest absolute Gasteiger partial charge is 0.249 e. The molecule has 0 saturated heterocycles. The lowest BCUT2D eigenvalue weighted by Crippen LogP contribution is -2.37. The zero-order valence-electron chi connectivity index (χ0n) is 10.2. The van der Waals surface area contributed by atoms with Gasteiger partial charge in [-0.2, -0.15) is 5.26 Å². The molecular formula is C14H13ClN2O. The number of nitrogens with one attached hydrogen (secondary N) is 1. The van der Waals surface area contributed by atoms with Crippen molar-refractivity contribution in [3.05, 3.63) is 40.9 Å². The first-order valence-electron chi connectivity index (χ1n) is 5.71. The maximum Gasteiger partial charge on any atom is 0.249 e. The Bertz CT molecular complexity index is 571. The standard InChI is InChI=1S/C14H13ClN2O/c1-9(2)17-13(18)14(8-16)7-12(14)10-4-3-5-11(15)6-10/h3-7,9H,1-2H3,(H,17,18)/t14-/m0/s1. The van der Waals surface area contributed by atoms with Crippen LogP contribution < -0.4 is 5.32 Å². The lowest BCUT2D eigenvalue weighted by Gasteiger charge is -2.13. The molecule has 1 amide bonds. The molecule has 1 aromatic rings. The molecule has 0 bridgehead atoms. The number of nitriles is 1. The number of carbonyl (C=O) groups is 1. The largest absolute Gasteiger partial charge is 0.352 e. The van der Waals surface area contributed by atoms with E-state index >= 15 is 0 Å². The molecule has 1 N–H and O–H groups in total. The normalized spacial score (nSPS) is 21.2. The number of carbonyl (C=O) groups excluding carboxylic acids is 1. The fourth-order valence-electron chi connectivity index (χ4n) is 1.85. The molecule has 0 spiro atoms. The third kappa shape index (κ3) is 2.12. The van der Waals surface area contributed by atoms with Gasteiger partial charge in [-0.05, 0) is 43.2 Å². The maximum atomic E-state index is 12.0. The summed E-state index contributed by atoms with van der Waals surface area (Å²) < 4.78 is 0. The molecule has 2 rings (SSSR count). The van der Waals surface area contributed by atoms with Crippen molar-refractivity contribution in [2.75, 3.05) is 0 Å². The van der Waals surface area contributed by atoms with Crippen LogP contribution in [0.4, 0.5) is 0 Å². The van der Waals surface area contributed by atoms with Gasteiger partial charge in [0.15, 0.2) is 5.41 Å². The molecule has 0 aromatic heterocycles. The summed E-state index contributed by atoms with van der Waals surface area (Å²) in [6.07, 6.45) is 1.68. The van der Waals surface area contributed by atoms with E-state index in [0.717, 1.165) is 11.1 Å². The molecular weight excluding hydrogens is 248 g/mol. The number of nitrogens with zero attached hydrogens (tertiary/aromatic N) is 1. The molecule has 0 unspecified atom stereocenters. The molecule has 18 heavy (non-hydrogen) atoms. The topological polar surface area (TPSA) is 52.9 Å². The Labute approximate surface area is 111 Å². The molecule has 1 aromatic carbocycles. The SMILES string of the molecule is CC(C)NC(=O)[C@]1(C#N)C=C1c1cccc(Cl)c1. The van der Waals surface area contributed by atoms with Crippen LogP contribution in [0.1, 0.15) is 19.4 Å². The highest BCUT2D eigenvalue weighted by molar-refractivity contribution is 6.30. The molecule has 0 fully saturated rings. The van der Waals surface area contributed by atoms with Gasteiger partial charge in [0.25, 0.3) is 0 Å². The van der Waals surface area contributed by atoms with Crippen LogP contribution >= 0.6 is 11.6 Å². The van der Waals surface area contributed by atoms with E-state index in [0.29, 0.717) is 5.02 Å². The van der Waals surface area contributed by atoms with Crippen LogP contribution in [0, 0.1) is 16.7 Å². The van der Waals surface area contributed by atoms with Gasteiger partial charge >= 0.3 is 0 Å². The zero-order valence-corrected chi connectivity index (χ0v) is 11.0. The number of benzene rings is 1. The van der Waals surface area contributed by atoms with Crippen molar-refractivity contribution in [1.82, 2.24) is 5.32 Å². The van der Waals surface area contributed by atoms with Crippen LogP contribution in [0.5, 0.6) is 0 Å². The second-order valence-electron chi connectivity index (χ2n) is 4.62. The van der Waals surface area contributed by atoms with Crippen molar-refractivity contribution >= 4 is 23.1 Å². The molecule has 1 aliphatic rings. The Balaban J connectivity index is 2.22. The van der Waals surface area contributed by atoms with Crippen molar-refractivity contribution in [2.24, 2.45) is 5.41 Å². The second-order valence-corrected chi connectivity index (χ2v) is 5.05. The van der Waals surface area contributed by atoms with Gasteiger partial charge in [0.05, 0.1) is 6.07 Å². The maximum absolute atomic E-state index is 12.0. The van der Waals surface area contributed by atoms with Gasteiger partial charge in [-0.1, -0.05) is 23.7 Å². The highest BCUT2D eigenvalue weighted by atomic mass is 35.5. The van der Waals surface area contributed by atoms with Crippen LogP contribution in [-0.4, -0.2) is 11.9 Å². The average molecular weight is 261 g/mol. The fourth-order valence-corrected chi connectivity index (χ4v) is 2.04. The minimum absolute atomic E-state index is 0.0114. The summed E-state index contributed by atoms with van der Waals surface area (Å²) >= 11 is 5.91. The first-order valence-corrected chi connectivity index (χ1v) is 6.09. The van der Waals surface area contributed by atoms with E-state index in [9.17, 15) is 10.1 Å². The van der Waals surface area contributed by atoms with Crippen molar-refractivity contribution in [2.45, 2.75) is 19.9 Å². The Morgan fingerprint density at radius 2 is 2.22 bits per heavy atom. The van der Waals surface area contributed by atoms with E-state index in [4.69, 9.17) is 11.6 Å². The summed E-state index contributed by atoms with van der Waals surface area (Å²) in [5.41, 5.74) is 0.434. The molecule has 1 atom stereocenters. The summed E-state index contributed by atoms with van der Waals surface area (Å²) in [5.74, 6) is -0.269. The minimum atomic E-state index is -1.12. The quantitative estimate of drug-likeness (QED) is 0.909. The Hall–Kier alpha value is -1.79. The fraction of sp³-hybridized carbons (Fsp3) is 0.286. The molecule has 3 nitrogen and oxygen atoms in total. The minimum Gasteiger partial charge on any atom is -0.352 e. The highest BCUT2D eigenvalue weighted by Crippen LogP contribution is 2.51. The Morgan fingerprint density at radius 3 is 2.78 bits per heavy atom. The monoisotopic (exact) mass is 260 g/mol. The predicted molar refractivity (Wildman–Crippen MR) is 70.8 cm³/mol. The van der Waals surface area contributed by atoms with Crippen LogP contribution in [0.25, 0.3) is 5.57 Å². The van der Waals surface area contributed by atoms with Crippen LogP contribution in [0.2, 0.25) is 5.02 Å². The van der Waals surface area contributed by atoms with Gasteiger partial charge in [-0.15, -0.1) is 0 Å². The van der Waals surface area contributed by atoms with Crippen LogP contribution in [-0.2, 0) is 4.79 Å². The van der Waals surface area contributed by atoms with E-state index < -0.39 is 5.41 Å². The van der Waals surface area contributed by atoms with E-state index in [2.05, 4.69) is 11.4 Å². The molecule has 0 aliphatic heterocycles. The van der Waals surface area contributed by atoms with Crippen LogP contribution in [0.3, 0.4) is 0 Å². The summed E-state index contributed by atoms with van der Waals surface area (Å²) in [6, 6.07) is 9.26. The van der Waals surface area contributed by atoms with E-state index in [1.807, 2.05) is 19.9 Å². The molecule has 0 radical (unpaired) electrons. The van der Waals surface area contributed by atoms with Gasteiger partial charge in [-0.25, -0.2) is 0 Å². The predicted octanol–water partition coefficient (Wildman–Crippen LogP) is 2.77. The third-order valence-electron chi connectivity index (χ3n) is 2.79. The van der Waals surface area contributed by atoms with Crippen LogP contribution in [0.15, 0.2) is 30.3 Å². The Morgan fingerprint density at radius 1 is 1.50 bits per heavy atom. The summed E-state index contributed by atoms with van der Waals surface area (Å²) in [5, 5.41) is 12.6. The lowest BCUT2D eigenvalue weighted by atomic mass is 9.96. The van der Waals surface area contributed by atoms with Gasteiger partial charge in [0.1, 0.15) is 0 Å². The number of rotatable bonds is 3. The van der Waals surface area contributed by atoms with E-state index in [-0.39, 0.29) is 11.9 Å². The molecule has 0 saturated carbocycles. The lowest BCUT2D eigenvalue weighted by molar-refractivity contribution is -0.123. The summed E-state index contributed by atoms with van der Waals surface area (Å²) in [4.78, 5) is 12.0. The summed E-state index contributed by atoms with van der Waals surface area (Å²) in [7, 11) is 0. The first-order chi connectivity index (χ1) is 8.49. The number of halogens is 1. The number of hydrogen-bond acceptors (Lipinski definition) is 2. The Kier molecular flexibility index (Phi) is 3.14. The summed E-state index contributed by atoms with van der Waals surface area (Å²) in [6.45, 7) is 3.73. The van der Waals surface area contributed by atoms with Crippen molar-refractivity contribution in [3.63, 3.8) is 0 Å². The number of hydrogen-bond donors (Lipinski definition) is 1. The van der Waals surface area contributed by atoms with Crippen molar-refractivity contribution in [1.29, 1.82) is 5.26 Å². The molecule has 4 heteroatoms. The van der Waals surface area contributed by atoms with E-state index in [1.165, 1.54) is 0 Å². The van der Waals surface area contributed by atoms with E-state index in [1.54, 1.807) is 24.3 Å². The van der Waals surface area contributed by atoms with Gasteiger partial charge < -0.3 is 5.32 Å². The zero-order chi connectivity index (χ0) is 13.3. The van der Waals surface area contributed by atoms with Gasteiger partial charge in [0.2, 0.25) is 5.91 Å². The average Bonchev–Trinajstić information content (AvgIpc) is 3.04. The first kappa shape index (κ1) is 12.7. The molecule has 92 valence electrons. The van der Waals surface area contributed by atoms with Crippen molar-refractivity contribution < 1.29 is 4.79 Å².